The molecule has 0 radical (unpaired) electrons. The molecule has 0 aliphatic heterocycles. The SMILES string of the molecule is C=CCC1(O)CCC(NC(=O)OC(C)(C)C)CC1. The van der Waals surface area contributed by atoms with Gasteiger partial charge in [0.05, 0.1) is 5.60 Å². The number of carbonyl (C=O) groups excluding carboxylic acids is 1. The van der Waals surface area contributed by atoms with Gasteiger partial charge in [-0.2, -0.15) is 0 Å². The molecule has 1 saturated carbocycles. The van der Waals surface area contributed by atoms with Crippen molar-refractivity contribution in [3.63, 3.8) is 0 Å². The quantitative estimate of drug-likeness (QED) is 0.762. The molecule has 1 amide bonds. The zero-order valence-corrected chi connectivity index (χ0v) is 11.7. The molecule has 1 rings (SSSR count). The Kier molecular flexibility index (Phi) is 4.79. The van der Waals surface area contributed by atoms with Crippen molar-refractivity contribution < 1.29 is 14.6 Å². The lowest BCUT2D eigenvalue weighted by Gasteiger charge is -2.35. The summed E-state index contributed by atoms with van der Waals surface area (Å²) < 4.78 is 5.21. The molecule has 1 aliphatic rings. The number of rotatable bonds is 3. The van der Waals surface area contributed by atoms with E-state index in [1.807, 2.05) is 20.8 Å². The van der Waals surface area contributed by atoms with Crippen molar-refractivity contribution in [3.8, 4) is 0 Å². The molecule has 0 bridgehead atoms. The third-order valence-electron chi connectivity index (χ3n) is 3.16. The standard InChI is InChI=1S/C14H25NO3/c1-5-8-14(17)9-6-11(7-10-14)15-12(16)18-13(2,3)4/h5,11,17H,1,6-10H2,2-4H3,(H,15,16). The van der Waals surface area contributed by atoms with Crippen LogP contribution in [0.5, 0.6) is 0 Å². The highest BCUT2D eigenvalue weighted by atomic mass is 16.6. The van der Waals surface area contributed by atoms with Crippen LogP contribution in [-0.4, -0.2) is 28.4 Å². The topological polar surface area (TPSA) is 58.6 Å². The van der Waals surface area contributed by atoms with Crippen molar-refractivity contribution in [1.29, 1.82) is 0 Å². The highest BCUT2D eigenvalue weighted by Crippen LogP contribution is 2.31. The minimum absolute atomic E-state index is 0.102. The van der Waals surface area contributed by atoms with Gasteiger partial charge in [-0.25, -0.2) is 4.79 Å². The molecule has 0 spiro atoms. The first-order valence-corrected chi connectivity index (χ1v) is 6.57. The molecule has 0 unspecified atom stereocenters. The van der Waals surface area contributed by atoms with E-state index >= 15 is 0 Å². The monoisotopic (exact) mass is 255 g/mol. The van der Waals surface area contributed by atoms with Crippen LogP contribution in [0, 0.1) is 0 Å². The molecule has 0 heterocycles. The first-order chi connectivity index (χ1) is 8.24. The Morgan fingerprint density at radius 3 is 2.50 bits per heavy atom. The van der Waals surface area contributed by atoms with Gasteiger partial charge >= 0.3 is 6.09 Å². The van der Waals surface area contributed by atoms with Crippen LogP contribution in [0.25, 0.3) is 0 Å². The maximum atomic E-state index is 11.6. The maximum absolute atomic E-state index is 11.6. The molecule has 1 aliphatic carbocycles. The van der Waals surface area contributed by atoms with Gasteiger partial charge in [-0.15, -0.1) is 6.58 Å². The van der Waals surface area contributed by atoms with E-state index in [2.05, 4.69) is 11.9 Å². The predicted molar refractivity (Wildman–Crippen MR) is 71.4 cm³/mol. The Morgan fingerprint density at radius 1 is 1.50 bits per heavy atom. The smallest absolute Gasteiger partial charge is 0.407 e. The number of aliphatic hydroxyl groups is 1. The van der Waals surface area contributed by atoms with E-state index in [-0.39, 0.29) is 12.1 Å². The maximum Gasteiger partial charge on any atom is 0.407 e. The lowest BCUT2D eigenvalue weighted by atomic mass is 9.80. The average molecular weight is 255 g/mol. The second-order valence-electron chi connectivity index (χ2n) is 6.14. The van der Waals surface area contributed by atoms with Crippen LogP contribution in [0.2, 0.25) is 0 Å². The normalized spacial score (nSPS) is 28.6. The summed E-state index contributed by atoms with van der Waals surface area (Å²) in [4.78, 5) is 11.6. The van der Waals surface area contributed by atoms with Crippen molar-refractivity contribution in [2.24, 2.45) is 0 Å². The van der Waals surface area contributed by atoms with Crippen molar-refractivity contribution in [2.75, 3.05) is 0 Å². The molecule has 1 fully saturated rings. The van der Waals surface area contributed by atoms with Gasteiger partial charge in [0.2, 0.25) is 0 Å². The van der Waals surface area contributed by atoms with Crippen LogP contribution in [0.3, 0.4) is 0 Å². The third kappa shape index (κ3) is 5.08. The van der Waals surface area contributed by atoms with Crippen molar-refractivity contribution in [3.05, 3.63) is 12.7 Å². The Morgan fingerprint density at radius 2 is 2.06 bits per heavy atom. The van der Waals surface area contributed by atoms with Gasteiger partial charge in [0, 0.05) is 6.04 Å². The van der Waals surface area contributed by atoms with Crippen LogP contribution in [0.1, 0.15) is 52.9 Å². The van der Waals surface area contributed by atoms with E-state index in [1.54, 1.807) is 6.08 Å². The van der Waals surface area contributed by atoms with Gasteiger partial charge in [-0.05, 0) is 52.9 Å². The highest BCUT2D eigenvalue weighted by Gasteiger charge is 2.33. The van der Waals surface area contributed by atoms with Crippen LogP contribution in [0.4, 0.5) is 4.79 Å². The zero-order valence-electron chi connectivity index (χ0n) is 11.7. The molecule has 104 valence electrons. The molecule has 4 nitrogen and oxygen atoms in total. The minimum atomic E-state index is -0.631. The minimum Gasteiger partial charge on any atom is -0.444 e. The third-order valence-corrected chi connectivity index (χ3v) is 3.16. The lowest BCUT2D eigenvalue weighted by molar-refractivity contribution is -0.00364. The molecule has 0 aromatic rings. The summed E-state index contributed by atoms with van der Waals surface area (Å²) in [5.74, 6) is 0. The Hall–Kier alpha value is -1.03. The lowest BCUT2D eigenvalue weighted by Crippen LogP contribution is -2.44. The van der Waals surface area contributed by atoms with E-state index in [9.17, 15) is 9.90 Å². The first kappa shape index (κ1) is 15.0. The molecular weight excluding hydrogens is 230 g/mol. The largest absolute Gasteiger partial charge is 0.444 e. The summed E-state index contributed by atoms with van der Waals surface area (Å²) in [6.07, 6.45) is 4.95. The summed E-state index contributed by atoms with van der Waals surface area (Å²) in [7, 11) is 0. The van der Waals surface area contributed by atoms with E-state index in [0.717, 1.165) is 12.8 Å². The van der Waals surface area contributed by atoms with Crippen LogP contribution in [0.15, 0.2) is 12.7 Å². The fourth-order valence-electron chi connectivity index (χ4n) is 2.25. The first-order valence-electron chi connectivity index (χ1n) is 6.57. The number of nitrogens with one attached hydrogen (secondary N) is 1. The van der Waals surface area contributed by atoms with Crippen molar-refractivity contribution >= 4 is 6.09 Å². The summed E-state index contributed by atoms with van der Waals surface area (Å²) >= 11 is 0. The van der Waals surface area contributed by atoms with E-state index in [4.69, 9.17) is 4.74 Å². The molecule has 0 aromatic heterocycles. The summed E-state index contributed by atoms with van der Waals surface area (Å²) in [6.45, 7) is 9.19. The molecule has 4 heteroatoms. The summed E-state index contributed by atoms with van der Waals surface area (Å²) in [6, 6.07) is 0.102. The summed E-state index contributed by atoms with van der Waals surface area (Å²) in [5, 5.41) is 13.1. The molecule has 2 N–H and O–H groups in total. The number of amides is 1. The van der Waals surface area contributed by atoms with Gasteiger partial charge in [-0.1, -0.05) is 6.08 Å². The highest BCUT2D eigenvalue weighted by molar-refractivity contribution is 5.68. The van der Waals surface area contributed by atoms with Gasteiger partial charge in [0.1, 0.15) is 5.60 Å². The number of ether oxygens (including phenoxy) is 1. The van der Waals surface area contributed by atoms with E-state index in [0.29, 0.717) is 19.3 Å². The van der Waals surface area contributed by atoms with E-state index in [1.165, 1.54) is 0 Å². The second-order valence-corrected chi connectivity index (χ2v) is 6.14. The number of carbonyl (C=O) groups is 1. The van der Waals surface area contributed by atoms with Crippen molar-refractivity contribution in [2.45, 2.75) is 70.1 Å². The van der Waals surface area contributed by atoms with Crippen LogP contribution >= 0.6 is 0 Å². The second kappa shape index (κ2) is 5.74. The van der Waals surface area contributed by atoms with Crippen molar-refractivity contribution in [1.82, 2.24) is 5.32 Å². The Labute approximate surface area is 109 Å². The van der Waals surface area contributed by atoms with Gasteiger partial charge in [-0.3, -0.25) is 0 Å². The number of hydrogen-bond donors (Lipinski definition) is 2. The summed E-state index contributed by atoms with van der Waals surface area (Å²) in [5.41, 5.74) is -1.10. The fraction of sp³-hybridized carbons (Fsp3) is 0.786. The van der Waals surface area contributed by atoms with Gasteiger partial charge in [0.15, 0.2) is 0 Å². The Bertz CT molecular complexity index is 299. The molecule has 0 atom stereocenters. The number of alkyl carbamates (subject to hydrolysis) is 1. The molecule has 0 aromatic carbocycles. The molecule has 18 heavy (non-hydrogen) atoms. The average Bonchev–Trinajstić information content (AvgIpc) is 2.19. The Balaban J connectivity index is 2.35. The van der Waals surface area contributed by atoms with Gasteiger partial charge < -0.3 is 15.2 Å². The molecule has 0 saturated heterocycles. The fourth-order valence-corrected chi connectivity index (χ4v) is 2.25. The molecular formula is C14H25NO3. The van der Waals surface area contributed by atoms with Gasteiger partial charge in [0.25, 0.3) is 0 Å². The number of hydrogen-bond acceptors (Lipinski definition) is 3. The van der Waals surface area contributed by atoms with E-state index < -0.39 is 11.2 Å². The van der Waals surface area contributed by atoms with Crippen LogP contribution < -0.4 is 5.32 Å². The van der Waals surface area contributed by atoms with Crippen LogP contribution in [-0.2, 0) is 4.74 Å². The predicted octanol–water partition coefficient (Wildman–Crippen LogP) is 2.76. The zero-order chi connectivity index (χ0) is 13.8.